The number of likely N-dealkylation sites (tertiary alicyclic amines) is 1. The summed E-state index contributed by atoms with van der Waals surface area (Å²) in [6.45, 7) is 10.3. The smallest absolute Gasteiger partial charge is 0.217 e. The number of aliphatic imine (C=N–C) groups is 1. The number of ether oxygens (including phenoxy) is 1. The van der Waals surface area contributed by atoms with Gasteiger partial charge in [0, 0.05) is 26.1 Å². The molecule has 3 N–H and O–H groups in total. The van der Waals surface area contributed by atoms with Crippen LogP contribution in [0.1, 0.15) is 45.6 Å². The Labute approximate surface area is 163 Å². The van der Waals surface area contributed by atoms with Gasteiger partial charge in [0.1, 0.15) is 5.75 Å². The van der Waals surface area contributed by atoms with Crippen molar-refractivity contribution in [2.24, 2.45) is 22.6 Å². The molecule has 0 spiro atoms. The molecule has 0 bridgehead atoms. The van der Waals surface area contributed by atoms with Crippen LogP contribution in [0.3, 0.4) is 0 Å². The van der Waals surface area contributed by atoms with Gasteiger partial charge in [0.05, 0.1) is 13.2 Å². The number of guanidine groups is 1. The zero-order valence-corrected chi connectivity index (χ0v) is 16.9. The molecule has 6 heteroatoms. The summed E-state index contributed by atoms with van der Waals surface area (Å²) in [4.78, 5) is 18.3. The van der Waals surface area contributed by atoms with Crippen LogP contribution in [-0.2, 0) is 11.3 Å². The summed E-state index contributed by atoms with van der Waals surface area (Å²) < 4.78 is 5.73. The lowest BCUT2D eigenvalue weighted by molar-refractivity contribution is -0.119. The first-order chi connectivity index (χ1) is 13.0. The topological polar surface area (TPSA) is 80.0 Å². The number of piperidine rings is 1. The van der Waals surface area contributed by atoms with Crippen LogP contribution in [0.5, 0.6) is 5.75 Å². The highest BCUT2D eigenvalue weighted by Crippen LogP contribution is 2.20. The summed E-state index contributed by atoms with van der Waals surface area (Å²) in [5.41, 5.74) is 6.52. The monoisotopic (exact) mass is 374 g/mol. The normalized spacial score (nSPS) is 17.9. The van der Waals surface area contributed by atoms with Gasteiger partial charge in [-0.15, -0.1) is 0 Å². The van der Waals surface area contributed by atoms with Crippen molar-refractivity contribution in [2.75, 3.05) is 26.2 Å². The second kappa shape index (κ2) is 10.8. The predicted molar refractivity (Wildman–Crippen MR) is 110 cm³/mol. The third kappa shape index (κ3) is 7.49. The number of hydrogen-bond acceptors (Lipinski definition) is 3. The molecule has 2 rings (SSSR count). The average Bonchev–Trinajstić information content (AvgIpc) is 2.64. The fourth-order valence-corrected chi connectivity index (χ4v) is 3.25. The van der Waals surface area contributed by atoms with Gasteiger partial charge in [-0.2, -0.15) is 0 Å². The van der Waals surface area contributed by atoms with Gasteiger partial charge in [-0.05, 0) is 49.3 Å². The van der Waals surface area contributed by atoms with E-state index in [2.05, 4.69) is 43.1 Å². The molecule has 1 saturated heterocycles. The number of carbonyl (C=O) groups excluding carboxylic acids is 1. The molecule has 0 aromatic heterocycles. The molecule has 1 aromatic carbocycles. The molecular formula is C21H34N4O2. The molecule has 1 unspecified atom stereocenters. The summed E-state index contributed by atoms with van der Waals surface area (Å²) in [5.74, 6) is 2.42. The summed E-state index contributed by atoms with van der Waals surface area (Å²) >= 11 is 0. The first-order valence-corrected chi connectivity index (χ1v) is 10.0. The Morgan fingerprint density at radius 1 is 1.37 bits per heavy atom. The van der Waals surface area contributed by atoms with Crippen LogP contribution in [0.2, 0.25) is 0 Å². The first-order valence-electron chi connectivity index (χ1n) is 10.0. The van der Waals surface area contributed by atoms with Gasteiger partial charge in [0.15, 0.2) is 5.96 Å². The second-order valence-electron chi connectivity index (χ2n) is 7.64. The molecule has 0 saturated carbocycles. The van der Waals surface area contributed by atoms with Crippen molar-refractivity contribution in [3.63, 3.8) is 0 Å². The number of carbonyl (C=O) groups is 1. The Morgan fingerprint density at radius 3 is 2.74 bits per heavy atom. The van der Waals surface area contributed by atoms with Gasteiger partial charge in [-0.3, -0.25) is 4.79 Å². The summed E-state index contributed by atoms with van der Waals surface area (Å²) in [6.07, 6.45) is 2.56. The molecule has 150 valence electrons. The average molecular weight is 375 g/mol. The molecule has 1 aromatic rings. The molecule has 0 radical (unpaired) electrons. The van der Waals surface area contributed by atoms with Gasteiger partial charge < -0.3 is 20.7 Å². The van der Waals surface area contributed by atoms with E-state index in [9.17, 15) is 4.79 Å². The van der Waals surface area contributed by atoms with E-state index in [0.29, 0.717) is 24.8 Å². The van der Waals surface area contributed by atoms with E-state index in [1.54, 1.807) is 0 Å². The lowest BCUT2D eigenvalue weighted by Crippen LogP contribution is -2.47. The number of rotatable bonds is 8. The largest absolute Gasteiger partial charge is 0.493 e. The van der Waals surface area contributed by atoms with Crippen LogP contribution in [-0.4, -0.2) is 43.0 Å². The third-order valence-corrected chi connectivity index (χ3v) is 4.56. The van der Waals surface area contributed by atoms with Crippen molar-refractivity contribution >= 4 is 11.9 Å². The summed E-state index contributed by atoms with van der Waals surface area (Å²) in [6, 6.07) is 8.14. The Morgan fingerprint density at radius 2 is 2.11 bits per heavy atom. The van der Waals surface area contributed by atoms with Crippen molar-refractivity contribution in [1.82, 2.24) is 10.2 Å². The van der Waals surface area contributed by atoms with Crippen LogP contribution in [0.4, 0.5) is 0 Å². The third-order valence-electron chi connectivity index (χ3n) is 4.56. The van der Waals surface area contributed by atoms with E-state index < -0.39 is 0 Å². The maximum absolute atomic E-state index is 11.2. The molecule has 1 heterocycles. The van der Waals surface area contributed by atoms with E-state index in [0.717, 1.165) is 56.4 Å². The number of nitrogens with zero attached hydrogens (tertiary/aromatic N) is 2. The van der Waals surface area contributed by atoms with Crippen molar-refractivity contribution < 1.29 is 9.53 Å². The van der Waals surface area contributed by atoms with Crippen molar-refractivity contribution in [3.05, 3.63) is 29.8 Å². The number of amides is 1. The zero-order chi connectivity index (χ0) is 19.6. The zero-order valence-electron chi connectivity index (χ0n) is 16.9. The number of hydrogen-bond donors (Lipinski definition) is 2. The fraction of sp³-hybridized carbons (Fsp3) is 0.619. The van der Waals surface area contributed by atoms with E-state index >= 15 is 0 Å². The number of nitrogens with one attached hydrogen (secondary N) is 1. The highest BCUT2D eigenvalue weighted by atomic mass is 16.5. The van der Waals surface area contributed by atoms with Crippen LogP contribution < -0.4 is 15.8 Å². The van der Waals surface area contributed by atoms with E-state index in [1.807, 2.05) is 12.1 Å². The van der Waals surface area contributed by atoms with Crippen LogP contribution in [0.25, 0.3) is 0 Å². The van der Waals surface area contributed by atoms with Crippen molar-refractivity contribution in [1.29, 1.82) is 0 Å². The SMILES string of the molecule is CCNC(=NCc1ccc(OCC(C)C)cc1)N1CCCC(CC(N)=O)C1. The van der Waals surface area contributed by atoms with E-state index in [1.165, 1.54) is 0 Å². The number of primary amides is 1. The van der Waals surface area contributed by atoms with Gasteiger partial charge in [-0.25, -0.2) is 4.99 Å². The van der Waals surface area contributed by atoms with Crippen LogP contribution in [0.15, 0.2) is 29.3 Å². The Hall–Kier alpha value is -2.24. The minimum Gasteiger partial charge on any atom is -0.493 e. The molecular weight excluding hydrogens is 340 g/mol. The first kappa shape index (κ1) is 21.1. The van der Waals surface area contributed by atoms with Crippen LogP contribution >= 0.6 is 0 Å². The number of nitrogens with two attached hydrogens (primary N) is 1. The van der Waals surface area contributed by atoms with Gasteiger partial charge >= 0.3 is 0 Å². The van der Waals surface area contributed by atoms with Crippen LogP contribution in [0, 0.1) is 11.8 Å². The predicted octanol–water partition coefficient (Wildman–Crippen LogP) is 2.77. The molecule has 27 heavy (non-hydrogen) atoms. The summed E-state index contributed by atoms with van der Waals surface area (Å²) in [5, 5.41) is 3.38. The molecule has 6 nitrogen and oxygen atoms in total. The minimum atomic E-state index is -0.219. The highest BCUT2D eigenvalue weighted by molar-refractivity contribution is 5.80. The van der Waals surface area contributed by atoms with Gasteiger partial charge in [0.25, 0.3) is 0 Å². The quantitative estimate of drug-likeness (QED) is 0.542. The Balaban J connectivity index is 1.97. The van der Waals surface area contributed by atoms with Gasteiger partial charge in [0.2, 0.25) is 5.91 Å². The minimum absolute atomic E-state index is 0.219. The molecule has 1 fully saturated rings. The van der Waals surface area contributed by atoms with Crippen molar-refractivity contribution in [3.8, 4) is 5.75 Å². The lowest BCUT2D eigenvalue weighted by atomic mass is 9.95. The second-order valence-corrected chi connectivity index (χ2v) is 7.64. The molecule has 1 amide bonds. The van der Waals surface area contributed by atoms with E-state index in [4.69, 9.17) is 15.5 Å². The molecule has 1 aliphatic heterocycles. The van der Waals surface area contributed by atoms with Crippen molar-refractivity contribution in [2.45, 2.75) is 46.6 Å². The Bertz CT molecular complexity index is 613. The maximum atomic E-state index is 11.2. The highest BCUT2D eigenvalue weighted by Gasteiger charge is 2.23. The molecule has 1 aliphatic rings. The molecule has 1 atom stereocenters. The number of benzene rings is 1. The van der Waals surface area contributed by atoms with E-state index in [-0.39, 0.29) is 5.91 Å². The summed E-state index contributed by atoms with van der Waals surface area (Å²) in [7, 11) is 0. The fourth-order valence-electron chi connectivity index (χ4n) is 3.25. The Kier molecular flexibility index (Phi) is 8.43. The maximum Gasteiger partial charge on any atom is 0.217 e. The lowest BCUT2D eigenvalue weighted by Gasteiger charge is -2.34. The molecule has 0 aliphatic carbocycles. The van der Waals surface area contributed by atoms with Gasteiger partial charge in [-0.1, -0.05) is 26.0 Å². The standard InChI is InChI=1S/C21H34N4O2/c1-4-23-21(25-11-5-6-18(14-25)12-20(22)26)24-13-17-7-9-19(10-8-17)27-15-16(2)3/h7-10,16,18H,4-6,11-15H2,1-3H3,(H2,22,26)(H,23,24).